The number of likely N-dealkylation sites (tertiary alicyclic amines) is 1. The Morgan fingerprint density at radius 2 is 2.09 bits per heavy atom. The standard InChI is InChI=1S/C15H18F4N2O/c1-9(20)10-3-2-6-21(8-10)14(22)12-7-11(15(17,18)19)4-5-13(12)16/h4-5,7,9-10H,2-3,6,8,20H2,1H3. The van der Waals surface area contributed by atoms with Crippen LogP contribution in [-0.2, 0) is 6.18 Å². The maximum atomic E-state index is 13.8. The summed E-state index contributed by atoms with van der Waals surface area (Å²) in [7, 11) is 0. The molecule has 122 valence electrons. The maximum Gasteiger partial charge on any atom is 0.416 e. The van der Waals surface area contributed by atoms with E-state index in [1.807, 2.05) is 6.92 Å². The van der Waals surface area contributed by atoms with E-state index in [1.54, 1.807) is 0 Å². The number of amides is 1. The van der Waals surface area contributed by atoms with Crippen molar-refractivity contribution in [2.45, 2.75) is 32.0 Å². The number of carbonyl (C=O) groups excluding carboxylic acids is 1. The quantitative estimate of drug-likeness (QED) is 0.852. The summed E-state index contributed by atoms with van der Waals surface area (Å²) in [5, 5.41) is 0. The molecule has 1 saturated heterocycles. The van der Waals surface area contributed by atoms with Gasteiger partial charge >= 0.3 is 6.18 Å². The van der Waals surface area contributed by atoms with E-state index in [4.69, 9.17) is 5.73 Å². The van der Waals surface area contributed by atoms with Gasteiger partial charge in [-0.05, 0) is 43.9 Å². The zero-order chi connectivity index (χ0) is 16.5. The van der Waals surface area contributed by atoms with Crippen LogP contribution >= 0.6 is 0 Å². The minimum Gasteiger partial charge on any atom is -0.338 e. The topological polar surface area (TPSA) is 46.3 Å². The summed E-state index contributed by atoms with van der Waals surface area (Å²) in [5.74, 6) is -1.58. The van der Waals surface area contributed by atoms with Crippen molar-refractivity contribution in [1.29, 1.82) is 0 Å². The van der Waals surface area contributed by atoms with Crippen molar-refractivity contribution < 1.29 is 22.4 Å². The zero-order valence-corrected chi connectivity index (χ0v) is 12.2. The Kier molecular flexibility index (Phi) is 4.75. The van der Waals surface area contributed by atoms with Gasteiger partial charge in [-0.2, -0.15) is 13.2 Å². The molecule has 7 heteroatoms. The molecular weight excluding hydrogens is 300 g/mol. The molecule has 1 aromatic rings. The molecule has 0 bridgehead atoms. The van der Waals surface area contributed by atoms with E-state index in [1.165, 1.54) is 4.90 Å². The van der Waals surface area contributed by atoms with Crippen LogP contribution in [0.3, 0.4) is 0 Å². The first-order chi connectivity index (χ1) is 10.2. The molecule has 0 radical (unpaired) electrons. The molecule has 22 heavy (non-hydrogen) atoms. The summed E-state index contributed by atoms with van der Waals surface area (Å²) in [6.07, 6.45) is -3.05. The number of nitrogens with two attached hydrogens (primary N) is 1. The van der Waals surface area contributed by atoms with Crippen molar-refractivity contribution in [3.63, 3.8) is 0 Å². The largest absolute Gasteiger partial charge is 0.416 e. The Hall–Kier alpha value is -1.63. The Morgan fingerprint density at radius 1 is 1.41 bits per heavy atom. The third-order valence-corrected chi connectivity index (χ3v) is 4.01. The van der Waals surface area contributed by atoms with E-state index in [0.29, 0.717) is 37.7 Å². The molecule has 2 N–H and O–H groups in total. The van der Waals surface area contributed by atoms with Gasteiger partial charge in [0.25, 0.3) is 5.91 Å². The van der Waals surface area contributed by atoms with Gasteiger partial charge in [0.15, 0.2) is 0 Å². The lowest BCUT2D eigenvalue weighted by Crippen LogP contribution is -2.45. The number of benzene rings is 1. The number of piperidine rings is 1. The van der Waals surface area contributed by atoms with Crippen molar-refractivity contribution in [2.75, 3.05) is 13.1 Å². The van der Waals surface area contributed by atoms with Crippen LogP contribution in [0.15, 0.2) is 18.2 Å². The summed E-state index contributed by atoms with van der Waals surface area (Å²) in [6, 6.07) is 1.77. The predicted molar refractivity (Wildman–Crippen MR) is 73.7 cm³/mol. The SMILES string of the molecule is CC(N)C1CCCN(C(=O)c2cc(C(F)(F)F)ccc2F)C1. The normalized spacial score (nSPS) is 20.8. The van der Waals surface area contributed by atoms with Gasteiger partial charge in [0.1, 0.15) is 5.82 Å². The highest BCUT2D eigenvalue weighted by Crippen LogP contribution is 2.31. The lowest BCUT2D eigenvalue weighted by atomic mass is 9.91. The summed E-state index contributed by atoms with van der Waals surface area (Å²) in [6.45, 7) is 2.56. The number of nitrogens with zero attached hydrogens (tertiary/aromatic N) is 1. The Morgan fingerprint density at radius 3 is 2.68 bits per heavy atom. The van der Waals surface area contributed by atoms with Crippen LogP contribution in [0.5, 0.6) is 0 Å². The van der Waals surface area contributed by atoms with Crippen molar-refractivity contribution in [3.8, 4) is 0 Å². The van der Waals surface area contributed by atoms with Crippen LogP contribution in [0.25, 0.3) is 0 Å². The molecule has 0 aromatic heterocycles. The summed E-state index contributed by atoms with van der Waals surface area (Å²) < 4.78 is 51.9. The van der Waals surface area contributed by atoms with Crippen molar-refractivity contribution >= 4 is 5.91 Å². The lowest BCUT2D eigenvalue weighted by Gasteiger charge is -2.34. The van der Waals surface area contributed by atoms with Crippen LogP contribution in [0, 0.1) is 11.7 Å². The molecule has 0 saturated carbocycles. The van der Waals surface area contributed by atoms with Crippen molar-refractivity contribution in [1.82, 2.24) is 4.90 Å². The fourth-order valence-corrected chi connectivity index (χ4v) is 2.66. The Balaban J connectivity index is 2.25. The number of hydrogen-bond donors (Lipinski definition) is 1. The van der Waals surface area contributed by atoms with Gasteiger partial charge in [0, 0.05) is 19.1 Å². The van der Waals surface area contributed by atoms with E-state index < -0.39 is 29.0 Å². The third-order valence-electron chi connectivity index (χ3n) is 4.01. The molecule has 1 aromatic carbocycles. The van der Waals surface area contributed by atoms with Gasteiger partial charge in [-0.15, -0.1) is 0 Å². The molecule has 2 atom stereocenters. The smallest absolute Gasteiger partial charge is 0.338 e. The zero-order valence-electron chi connectivity index (χ0n) is 12.2. The van der Waals surface area contributed by atoms with Gasteiger partial charge in [0.2, 0.25) is 0 Å². The Bertz CT molecular complexity index is 557. The number of alkyl halides is 3. The molecule has 3 nitrogen and oxygen atoms in total. The molecule has 2 unspecified atom stereocenters. The average molecular weight is 318 g/mol. The first kappa shape index (κ1) is 16.7. The lowest BCUT2D eigenvalue weighted by molar-refractivity contribution is -0.137. The van der Waals surface area contributed by atoms with E-state index in [2.05, 4.69) is 0 Å². The fourth-order valence-electron chi connectivity index (χ4n) is 2.66. The van der Waals surface area contributed by atoms with Crippen LogP contribution in [0.2, 0.25) is 0 Å². The number of halogens is 4. The molecule has 0 spiro atoms. The van der Waals surface area contributed by atoms with Crippen molar-refractivity contribution in [2.24, 2.45) is 11.7 Å². The second kappa shape index (κ2) is 6.24. The molecule has 0 aliphatic carbocycles. The third kappa shape index (κ3) is 3.58. The van der Waals surface area contributed by atoms with E-state index in [0.717, 1.165) is 6.42 Å². The second-order valence-electron chi connectivity index (χ2n) is 5.70. The van der Waals surface area contributed by atoms with Crippen LogP contribution < -0.4 is 5.73 Å². The number of rotatable bonds is 2. The summed E-state index contributed by atoms with van der Waals surface area (Å²) >= 11 is 0. The first-order valence-corrected chi connectivity index (χ1v) is 7.11. The van der Waals surface area contributed by atoms with Gasteiger partial charge in [-0.1, -0.05) is 0 Å². The number of carbonyl (C=O) groups is 1. The number of hydrogen-bond acceptors (Lipinski definition) is 2. The van der Waals surface area contributed by atoms with Gasteiger partial charge in [0.05, 0.1) is 11.1 Å². The average Bonchev–Trinajstić information content (AvgIpc) is 2.46. The highest BCUT2D eigenvalue weighted by atomic mass is 19.4. The molecule has 1 fully saturated rings. The summed E-state index contributed by atoms with van der Waals surface area (Å²) in [5.41, 5.74) is 4.25. The highest BCUT2D eigenvalue weighted by molar-refractivity contribution is 5.94. The van der Waals surface area contributed by atoms with Gasteiger partial charge in [-0.25, -0.2) is 4.39 Å². The molecule has 1 amide bonds. The van der Waals surface area contributed by atoms with Gasteiger partial charge in [-0.3, -0.25) is 4.79 Å². The molecule has 1 aliphatic heterocycles. The molecule has 1 heterocycles. The van der Waals surface area contributed by atoms with Crippen LogP contribution in [0.1, 0.15) is 35.7 Å². The van der Waals surface area contributed by atoms with E-state index in [-0.39, 0.29) is 12.0 Å². The Labute approximate surface area is 126 Å². The monoisotopic (exact) mass is 318 g/mol. The minimum atomic E-state index is -4.61. The van der Waals surface area contributed by atoms with Crippen LogP contribution in [-0.4, -0.2) is 29.9 Å². The summed E-state index contributed by atoms with van der Waals surface area (Å²) in [4.78, 5) is 13.7. The van der Waals surface area contributed by atoms with Crippen LogP contribution in [0.4, 0.5) is 17.6 Å². The van der Waals surface area contributed by atoms with E-state index >= 15 is 0 Å². The molecule has 1 aliphatic rings. The molecular formula is C15H18F4N2O. The van der Waals surface area contributed by atoms with Gasteiger partial charge < -0.3 is 10.6 Å². The second-order valence-corrected chi connectivity index (χ2v) is 5.70. The minimum absolute atomic E-state index is 0.0755. The maximum absolute atomic E-state index is 13.8. The highest BCUT2D eigenvalue weighted by Gasteiger charge is 2.33. The van der Waals surface area contributed by atoms with E-state index in [9.17, 15) is 22.4 Å². The predicted octanol–water partition coefficient (Wildman–Crippen LogP) is 3.04. The molecule has 2 rings (SSSR count). The van der Waals surface area contributed by atoms with Crippen molar-refractivity contribution in [3.05, 3.63) is 35.1 Å². The first-order valence-electron chi connectivity index (χ1n) is 7.11. The fraction of sp³-hybridized carbons (Fsp3) is 0.533.